The molecule has 3 aliphatic carbocycles. The minimum absolute atomic E-state index is 0.418. The Labute approximate surface area is 332 Å². The Kier molecular flexibility index (Phi) is 7.00. The lowest BCUT2D eigenvalue weighted by molar-refractivity contribution is 0.793. The van der Waals surface area contributed by atoms with Gasteiger partial charge in [0.05, 0.1) is 16.4 Å². The molecule has 2 nitrogen and oxygen atoms in total. The summed E-state index contributed by atoms with van der Waals surface area (Å²) >= 11 is 0. The Morgan fingerprint density at radius 2 is 1.00 bits per heavy atom. The van der Waals surface area contributed by atoms with E-state index in [9.17, 15) is 0 Å². The van der Waals surface area contributed by atoms with Gasteiger partial charge in [-0.05, 0) is 129 Å². The molecule has 0 radical (unpaired) electrons. The topological polar surface area (TPSA) is 8.17 Å². The maximum Gasteiger partial charge on any atom is 0.0726 e. The van der Waals surface area contributed by atoms with Crippen LogP contribution in [0.15, 0.2) is 206 Å². The molecular weight excluding hydrogens is 689 g/mol. The van der Waals surface area contributed by atoms with Crippen LogP contribution in [0.3, 0.4) is 0 Å². The summed E-state index contributed by atoms with van der Waals surface area (Å²) < 4.78 is 2.39. The molecule has 8 aromatic carbocycles. The molecule has 9 aromatic rings. The number of nitrogens with zero attached hydrogens (tertiary/aromatic N) is 2. The van der Waals surface area contributed by atoms with Crippen molar-refractivity contribution in [2.75, 3.05) is 4.90 Å². The third kappa shape index (κ3) is 4.59. The highest BCUT2D eigenvalue weighted by molar-refractivity contribution is 6.11. The number of rotatable bonds is 5. The Bertz CT molecular complexity index is 3060. The van der Waals surface area contributed by atoms with E-state index in [-0.39, 0.29) is 0 Å². The molecule has 2 heteroatoms. The van der Waals surface area contributed by atoms with E-state index in [1.165, 1.54) is 77.5 Å². The van der Waals surface area contributed by atoms with Crippen LogP contribution < -0.4 is 4.90 Å². The highest BCUT2D eigenvalue weighted by Gasteiger charge is 2.51. The SMILES string of the molecule is C1=CCCC(c2ccc(N(c3ccc4c(c3)C3(c5ccccc5-c5ccccc53)c3ccccc3-4)c3ccc4c(c3)c3ccccc3n4-c3ccccc3)cc2)=C1. The molecule has 0 N–H and O–H groups in total. The van der Waals surface area contributed by atoms with Crippen LogP contribution >= 0.6 is 0 Å². The van der Waals surface area contributed by atoms with Gasteiger partial charge < -0.3 is 9.47 Å². The summed E-state index contributed by atoms with van der Waals surface area (Å²) in [5, 5.41) is 2.48. The van der Waals surface area contributed by atoms with Gasteiger partial charge in [-0.15, -0.1) is 0 Å². The van der Waals surface area contributed by atoms with Crippen LogP contribution in [0.5, 0.6) is 0 Å². The predicted octanol–water partition coefficient (Wildman–Crippen LogP) is 14.3. The molecule has 3 aliphatic rings. The van der Waals surface area contributed by atoms with Crippen molar-refractivity contribution in [3.05, 3.63) is 234 Å². The van der Waals surface area contributed by atoms with Gasteiger partial charge in [0.1, 0.15) is 0 Å². The summed E-state index contributed by atoms with van der Waals surface area (Å²) in [6.07, 6.45) is 8.87. The quantitative estimate of drug-likeness (QED) is 0.171. The lowest BCUT2D eigenvalue weighted by Gasteiger charge is -2.32. The maximum absolute atomic E-state index is 2.49. The first kappa shape index (κ1) is 32.1. The first-order valence-electron chi connectivity index (χ1n) is 20.1. The number of para-hydroxylation sites is 2. The normalized spacial score (nSPS) is 14.4. The molecule has 0 saturated heterocycles. The van der Waals surface area contributed by atoms with Gasteiger partial charge in [-0.3, -0.25) is 0 Å². The monoisotopic (exact) mass is 726 g/mol. The highest BCUT2D eigenvalue weighted by atomic mass is 15.1. The fraction of sp³-hybridized carbons (Fsp3) is 0.0545. The van der Waals surface area contributed by atoms with Gasteiger partial charge in [-0.25, -0.2) is 0 Å². The third-order valence-corrected chi connectivity index (χ3v) is 12.7. The summed E-state index contributed by atoms with van der Waals surface area (Å²) in [5.74, 6) is 0. The summed E-state index contributed by atoms with van der Waals surface area (Å²) in [6, 6.07) is 70.2. The van der Waals surface area contributed by atoms with Crippen LogP contribution in [0.25, 0.3) is 55.3 Å². The molecule has 0 atom stereocenters. The lowest BCUT2D eigenvalue weighted by Crippen LogP contribution is -2.26. The highest BCUT2D eigenvalue weighted by Crippen LogP contribution is 2.63. The van der Waals surface area contributed by atoms with Crippen molar-refractivity contribution in [2.24, 2.45) is 0 Å². The fourth-order valence-electron chi connectivity index (χ4n) is 10.3. The molecule has 57 heavy (non-hydrogen) atoms. The number of benzene rings is 8. The van der Waals surface area contributed by atoms with Crippen LogP contribution in [0.4, 0.5) is 17.1 Å². The number of aromatic nitrogens is 1. The molecule has 0 fully saturated rings. The molecule has 0 bridgehead atoms. The number of anilines is 3. The summed E-state index contributed by atoms with van der Waals surface area (Å²) in [7, 11) is 0. The molecule has 0 unspecified atom stereocenters. The molecule has 0 amide bonds. The first-order chi connectivity index (χ1) is 28.3. The minimum atomic E-state index is -0.418. The molecule has 268 valence electrons. The van der Waals surface area contributed by atoms with Crippen molar-refractivity contribution in [1.82, 2.24) is 4.57 Å². The van der Waals surface area contributed by atoms with Gasteiger partial charge >= 0.3 is 0 Å². The van der Waals surface area contributed by atoms with Gasteiger partial charge in [0.2, 0.25) is 0 Å². The van der Waals surface area contributed by atoms with Gasteiger partial charge in [0.25, 0.3) is 0 Å². The van der Waals surface area contributed by atoms with Crippen LogP contribution in [0, 0.1) is 0 Å². The van der Waals surface area contributed by atoms with Crippen LogP contribution in [0.1, 0.15) is 40.7 Å². The number of hydrogen-bond donors (Lipinski definition) is 0. The van der Waals surface area contributed by atoms with E-state index in [0.29, 0.717) is 0 Å². The second-order valence-electron chi connectivity index (χ2n) is 15.5. The van der Waals surface area contributed by atoms with E-state index in [2.05, 4.69) is 216 Å². The largest absolute Gasteiger partial charge is 0.310 e. The second kappa shape index (κ2) is 12.4. The second-order valence-corrected chi connectivity index (χ2v) is 15.5. The summed E-state index contributed by atoms with van der Waals surface area (Å²) in [4.78, 5) is 2.47. The maximum atomic E-state index is 2.49. The van der Waals surface area contributed by atoms with E-state index >= 15 is 0 Å². The molecule has 12 rings (SSSR count). The Hall–Kier alpha value is -7.16. The van der Waals surface area contributed by atoms with E-state index < -0.39 is 5.41 Å². The van der Waals surface area contributed by atoms with Gasteiger partial charge in [0.15, 0.2) is 0 Å². The summed E-state index contributed by atoms with van der Waals surface area (Å²) in [6.45, 7) is 0. The Morgan fingerprint density at radius 1 is 0.439 bits per heavy atom. The molecular formula is C55H38N2. The Morgan fingerprint density at radius 3 is 1.68 bits per heavy atom. The van der Waals surface area contributed by atoms with Gasteiger partial charge in [-0.2, -0.15) is 0 Å². The average molecular weight is 727 g/mol. The molecule has 0 aliphatic heterocycles. The number of hydrogen-bond acceptors (Lipinski definition) is 1. The number of allylic oxidation sites excluding steroid dienone is 4. The van der Waals surface area contributed by atoms with E-state index in [1.807, 2.05) is 0 Å². The van der Waals surface area contributed by atoms with Gasteiger partial charge in [-0.1, -0.05) is 146 Å². The first-order valence-corrected chi connectivity index (χ1v) is 20.1. The van der Waals surface area contributed by atoms with E-state index in [4.69, 9.17) is 0 Å². The van der Waals surface area contributed by atoms with Crippen molar-refractivity contribution >= 4 is 44.4 Å². The standard InChI is InChI=1S/C55H38N2/c1-3-15-37(16-4-1)38-27-29-40(30-28-38)56(41-32-34-54-48(35-41)47-22-10-14-26-53(47)57(54)39-17-5-2-6-18-39)42-31-33-46-45-21-9-13-25-51(45)55(52(46)36-42)49-23-11-7-19-43(49)44-20-8-12-24-50(44)55/h1-3,5-15,17-36H,4,16H2. The van der Waals surface area contributed by atoms with Crippen molar-refractivity contribution in [1.29, 1.82) is 0 Å². The lowest BCUT2D eigenvalue weighted by atomic mass is 9.70. The minimum Gasteiger partial charge on any atom is -0.310 e. The van der Waals surface area contributed by atoms with Crippen molar-refractivity contribution in [2.45, 2.75) is 18.3 Å². The third-order valence-electron chi connectivity index (χ3n) is 12.7. The van der Waals surface area contributed by atoms with Crippen molar-refractivity contribution < 1.29 is 0 Å². The average Bonchev–Trinajstić information content (AvgIpc) is 3.89. The molecule has 1 spiro atoms. The van der Waals surface area contributed by atoms with Crippen LogP contribution in [-0.4, -0.2) is 4.57 Å². The molecule has 0 saturated carbocycles. The van der Waals surface area contributed by atoms with Gasteiger partial charge in [0, 0.05) is 33.5 Å². The number of fused-ring (bicyclic) bond motifs is 13. The van der Waals surface area contributed by atoms with E-state index in [0.717, 1.165) is 35.6 Å². The van der Waals surface area contributed by atoms with Crippen molar-refractivity contribution in [3.63, 3.8) is 0 Å². The Balaban J connectivity index is 1.11. The molecule has 1 heterocycles. The van der Waals surface area contributed by atoms with Crippen LogP contribution in [-0.2, 0) is 5.41 Å². The fourth-order valence-corrected chi connectivity index (χ4v) is 10.3. The zero-order valence-electron chi connectivity index (χ0n) is 31.4. The molecule has 1 aromatic heterocycles. The zero-order chi connectivity index (χ0) is 37.5. The predicted molar refractivity (Wildman–Crippen MR) is 238 cm³/mol. The zero-order valence-corrected chi connectivity index (χ0v) is 31.4. The van der Waals surface area contributed by atoms with E-state index in [1.54, 1.807) is 0 Å². The van der Waals surface area contributed by atoms with Crippen molar-refractivity contribution in [3.8, 4) is 27.9 Å². The summed E-state index contributed by atoms with van der Waals surface area (Å²) in [5.41, 5.74) is 19.9. The smallest absolute Gasteiger partial charge is 0.0726 e. The van der Waals surface area contributed by atoms with Crippen LogP contribution in [0.2, 0.25) is 0 Å².